The normalized spacial score (nSPS) is 21.9. The van der Waals surface area contributed by atoms with Gasteiger partial charge >= 0.3 is 0 Å². The van der Waals surface area contributed by atoms with Gasteiger partial charge in [0.05, 0.1) is 0 Å². The molecule has 1 aliphatic heterocycles. The molecule has 2 unspecified atom stereocenters. The van der Waals surface area contributed by atoms with E-state index in [2.05, 4.69) is 29.4 Å². The van der Waals surface area contributed by atoms with Gasteiger partial charge in [-0.1, -0.05) is 57.7 Å². The summed E-state index contributed by atoms with van der Waals surface area (Å²) in [6.07, 6.45) is 9.63. The Morgan fingerprint density at radius 3 is 2.43 bits per heavy atom. The minimum absolute atomic E-state index is 0.0432. The van der Waals surface area contributed by atoms with E-state index >= 15 is 0 Å². The molecule has 2 fully saturated rings. The lowest BCUT2D eigenvalue weighted by Crippen LogP contribution is -2.51. The molecule has 2 amide bonds. The van der Waals surface area contributed by atoms with E-state index < -0.39 is 6.04 Å². The maximum absolute atomic E-state index is 13.1. The molecule has 166 valence electrons. The molecular weight excluding hydrogens is 374 g/mol. The zero-order chi connectivity index (χ0) is 21.5. The van der Waals surface area contributed by atoms with Crippen LogP contribution in [0.2, 0.25) is 0 Å². The quantitative estimate of drug-likeness (QED) is 0.663. The Morgan fingerprint density at radius 2 is 1.77 bits per heavy atom. The highest BCUT2D eigenvalue weighted by molar-refractivity contribution is 5.98. The van der Waals surface area contributed by atoms with Gasteiger partial charge in [0.1, 0.15) is 6.04 Å². The molecule has 5 heteroatoms. The van der Waals surface area contributed by atoms with Crippen molar-refractivity contribution in [3.8, 4) is 0 Å². The van der Waals surface area contributed by atoms with Crippen molar-refractivity contribution in [2.24, 2.45) is 5.92 Å². The Labute approximate surface area is 182 Å². The topological polar surface area (TPSA) is 61.4 Å². The van der Waals surface area contributed by atoms with E-state index in [4.69, 9.17) is 0 Å². The number of rotatable bonds is 7. The molecule has 0 spiro atoms. The van der Waals surface area contributed by atoms with E-state index in [-0.39, 0.29) is 17.9 Å². The lowest BCUT2D eigenvalue weighted by atomic mass is 10.0. The lowest BCUT2D eigenvalue weighted by molar-refractivity contribution is -0.124. The van der Waals surface area contributed by atoms with Crippen LogP contribution in [0.25, 0.3) is 0 Å². The van der Waals surface area contributed by atoms with Gasteiger partial charge in [-0.05, 0) is 50.2 Å². The second-order valence-corrected chi connectivity index (χ2v) is 9.61. The Hall–Kier alpha value is -1.88. The van der Waals surface area contributed by atoms with Gasteiger partial charge in [-0.15, -0.1) is 0 Å². The minimum Gasteiger partial charge on any atom is -0.350 e. The molecule has 1 aliphatic carbocycles. The fraction of sp³-hybridized carbons (Fsp3) is 0.680. The zero-order valence-corrected chi connectivity index (χ0v) is 19.0. The van der Waals surface area contributed by atoms with Crippen LogP contribution in [0.15, 0.2) is 24.3 Å². The average Bonchev–Trinajstić information content (AvgIpc) is 2.99. The maximum Gasteiger partial charge on any atom is 0.252 e. The molecule has 0 aromatic heterocycles. The Bertz CT molecular complexity index is 710. The number of nitrogens with one attached hydrogen (secondary N) is 2. The summed E-state index contributed by atoms with van der Waals surface area (Å²) in [4.78, 5) is 28.5. The van der Waals surface area contributed by atoms with Gasteiger partial charge in [0.25, 0.3) is 5.91 Å². The fourth-order valence-corrected chi connectivity index (χ4v) is 4.93. The van der Waals surface area contributed by atoms with Crippen molar-refractivity contribution in [3.63, 3.8) is 0 Å². The van der Waals surface area contributed by atoms with Gasteiger partial charge in [0.15, 0.2) is 0 Å². The first-order chi connectivity index (χ1) is 14.4. The average molecular weight is 414 g/mol. The van der Waals surface area contributed by atoms with E-state index in [0.29, 0.717) is 23.9 Å². The highest BCUT2D eigenvalue weighted by Crippen LogP contribution is 2.25. The zero-order valence-electron chi connectivity index (χ0n) is 19.0. The van der Waals surface area contributed by atoms with Gasteiger partial charge in [-0.3, -0.25) is 14.5 Å². The first-order valence-corrected chi connectivity index (χ1v) is 11.8. The van der Waals surface area contributed by atoms with Gasteiger partial charge in [0.2, 0.25) is 5.91 Å². The molecule has 1 aromatic carbocycles. The Balaban J connectivity index is 1.57. The van der Waals surface area contributed by atoms with Crippen molar-refractivity contribution in [2.45, 2.75) is 90.3 Å². The third-order valence-electron chi connectivity index (χ3n) is 6.63. The number of hydrogen-bond acceptors (Lipinski definition) is 3. The van der Waals surface area contributed by atoms with Crippen LogP contribution in [0.1, 0.15) is 81.1 Å². The number of nitrogens with zero attached hydrogens (tertiary/aromatic N) is 1. The summed E-state index contributed by atoms with van der Waals surface area (Å²) in [5.74, 6) is 0.114. The molecule has 30 heavy (non-hydrogen) atoms. The number of carbonyl (C=O) groups excluding carboxylic acids is 2. The summed E-state index contributed by atoms with van der Waals surface area (Å²) < 4.78 is 0. The molecule has 2 N–H and O–H groups in total. The number of benzene rings is 1. The third kappa shape index (κ3) is 6.31. The van der Waals surface area contributed by atoms with Gasteiger partial charge in [-0.2, -0.15) is 0 Å². The highest BCUT2D eigenvalue weighted by atomic mass is 16.2. The number of hydrogen-bond donors (Lipinski definition) is 2. The van der Waals surface area contributed by atoms with Gasteiger partial charge < -0.3 is 10.6 Å². The van der Waals surface area contributed by atoms with Crippen molar-refractivity contribution in [1.82, 2.24) is 15.5 Å². The summed E-state index contributed by atoms with van der Waals surface area (Å²) >= 11 is 0. The van der Waals surface area contributed by atoms with Gasteiger partial charge in [0, 0.05) is 30.7 Å². The smallest absolute Gasteiger partial charge is 0.252 e. The fourth-order valence-electron chi connectivity index (χ4n) is 4.93. The molecule has 0 radical (unpaired) electrons. The molecule has 1 saturated heterocycles. The summed E-state index contributed by atoms with van der Waals surface area (Å²) in [5.41, 5.74) is 1.56. The molecule has 2 aliphatic rings. The Morgan fingerprint density at radius 1 is 1.07 bits per heavy atom. The molecule has 1 heterocycles. The molecule has 1 aromatic rings. The summed E-state index contributed by atoms with van der Waals surface area (Å²) in [6.45, 7) is 8.11. The van der Waals surface area contributed by atoms with E-state index in [9.17, 15) is 9.59 Å². The highest BCUT2D eigenvalue weighted by Gasteiger charge is 2.31. The van der Waals surface area contributed by atoms with Crippen molar-refractivity contribution in [1.29, 1.82) is 0 Å². The predicted octanol–water partition coefficient (Wildman–Crippen LogP) is 4.05. The number of amides is 2. The lowest BCUT2D eigenvalue weighted by Gasteiger charge is -2.27. The van der Waals surface area contributed by atoms with Crippen molar-refractivity contribution < 1.29 is 9.59 Å². The number of carbonyl (C=O) groups is 2. The standard InChI is InChI=1S/C25H39N3O2/c1-18(2)16-23(27-24(29)22-13-9-8-10-19(22)3)25(30)26-20-14-15-28(17-20)21-11-6-4-5-7-12-21/h8-10,13,18,20-21,23H,4-7,11-12,14-17H2,1-3H3,(H,26,30)(H,27,29). The van der Waals surface area contributed by atoms with Crippen LogP contribution in [0, 0.1) is 12.8 Å². The molecule has 1 saturated carbocycles. The first kappa shape index (κ1) is 22.8. The number of likely N-dealkylation sites (tertiary alicyclic amines) is 1. The largest absolute Gasteiger partial charge is 0.350 e. The SMILES string of the molecule is Cc1ccccc1C(=O)NC(CC(C)C)C(=O)NC1CCN(C2CCCCCC2)C1. The third-order valence-corrected chi connectivity index (χ3v) is 6.63. The molecular formula is C25H39N3O2. The van der Waals surface area contributed by atoms with Crippen molar-refractivity contribution >= 4 is 11.8 Å². The van der Waals surface area contributed by atoms with Crippen LogP contribution in [0.3, 0.4) is 0 Å². The van der Waals surface area contributed by atoms with Crippen LogP contribution in [0.4, 0.5) is 0 Å². The predicted molar refractivity (Wildman–Crippen MR) is 121 cm³/mol. The van der Waals surface area contributed by atoms with Crippen molar-refractivity contribution in [3.05, 3.63) is 35.4 Å². The van der Waals surface area contributed by atoms with E-state index in [0.717, 1.165) is 25.1 Å². The second kappa shape index (κ2) is 10.9. The minimum atomic E-state index is -0.496. The van der Waals surface area contributed by atoms with Crippen LogP contribution in [-0.4, -0.2) is 47.9 Å². The summed E-state index contributed by atoms with van der Waals surface area (Å²) in [5, 5.41) is 6.24. The summed E-state index contributed by atoms with van der Waals surface area (Å²) in [7, 11) is 0. The molecule has 5 nitrogen and oxygen atoms in total. The van der Waals surface area contributed by atoms with Crippen LogP contribution in [-0.2, 0) is 4.79 Å². The number of aryl methyl sites for hydroxylation is 1. The van der Waals surface area contributed by atoms with E-state index in [1.807, 2.05) is 31.2 Å². The van der Waals surface area contributed by atoms with E-state index in [1.165, 1.54) is 38.5 Å². The second-order valence-electron chi connectivity index (χ2n) is 9.61. The molecule has 0 bridgehead atoms. The summed E-state index contributed by atoms with van der Waals surface area (Å²) in [6, 6.07) is 7.89. The van der Waals surface area contributed by atoms with Crippen LogP contribution < -0.4 is 10.6 Å². The molecule has 3 rings (SSSR count). The monoisotopic (exact) mass is 413 g/mol. The first-order valence-electron chi connectivity index (χ1n) is 11.8. The van der Waals surface area contributed by atoms with Crippen molar-refractivity contribution in [2.75, 3.05) is 13.1 Å². The maximum atomic E-state index is 13.1. The van der Waals surface area contributed by atoms with Crippen LogP contribution >= 0.6 is 0 Å². The Kier molecular flexibility index (Phi) is 8.32. The van der Waals surface area contributed by atoms with Crippen LogP contribution in [0.5, 0.6) is 0 Å². The van der Waals surface area contributed by atoms with E-state index in [1.54, 1.807) is 0 Å². The van der Waals surface area contributed by atoms with Gasteiger partial charge in [-0.25, -0.2) is 0 Å². The molecule has 2 atom stereocenters.